The van der Waals surface area contributed by atoms with Gasteiger partial charge in [-0.3, -0.25) is 0 Å². The summed E-state index contributed by atoms with van der Waals surface area (Å²) in [7, 11) is 0. The van der Waals surface area contributed by atoms with E-state index in [4.69, 9.17) is 4.74 Å². The van der Waals surface area contributed by atoms with E-state index in [1.807, 2.05) is 0 Å². The first-order valence-electron chi connectivity index (χ1n) is 13.4. The number of unbranched alkanes of at least 4 members (excludes halogenated alkanes) is 12. The zero-order valence-electron chi connectivity index (χ0n) is 21.3. The van der Waals surface area contributed by atoms with Gasteiger partial charge in [0.1, 0.15) is 0 Å². The van der Waals surface area contributed by atoms with Crippen LogP contribution in [-0.2, 0) is 19.3 Å². The molecule has 0 aliphatic rings. The van der Waals surface area contributed by atoms with Crippen LogP contribution in [0.25, 0.3) is 0 Å². The van der Waals surface area contributed by atoms with Gasteiger partial charge in [0.15, 0.2) is 11.5 Å². The number of hydrogen-bond acceptors (Lipinski definition) is 3. The molecule has 0 amide bonds. The van der Waals surface area contributed by atoms with Crippen molar-refractivity contribution in [3.63, 3.8) is 0 Å². The van der Waals surface area contributed by atoms with Gasteiger partial charge in [-0.2, -0.15) is 0 Å². The molecule has 0 bridgehead atoms. The minimum atomic E-state index is -1.36. The zero-order valence-corrected chi connectivity index (χ0v) is 23.5. The van der Waals surface area contributed by atoms with Crippen molar-refractivity contribution in [2.24, 2.45) is 0 Å². The fraction of sp³-hybridized carbons (Fsp3) is 0.750. The molecule has 2 N–H and O–H groups in total. The molecule has 4 nitrogen and oxygen atoms in total. The van der Waals surface area contributed by atoms with Gasteiger partial charge in [0.05, 0.1) is 3.57 Å². The van der Waals surface area contributed by atoms with E-state index in [9.17, 15) is 15.0 Å². The lowest BCUT2D eigenvalue weighted by Crippen LogP contribution is -2.11. The molecule has 1 aromatic rings. The van der Waals surface area contributed by atoms with Crippen molar-refractivity contribution in [2.45, 2.75) is 136 Å². The van der Waals surface area contributed by atoms with Crippen molar-refractivity contribution in [2.75, 3.05) is 0 Å². The van der Waals surface area contributed by atoms with Crippen molar-refractivity contribution < 1.29 is 19.7 Å². The summed E-state index contributed by atoms with van der Waals surface area (Å²) in [4.78, 5) is 11.4. The van der Waals surface area contributed by atoms with Gasteiger partial charge < -0.3 is 14.9 Å². The molecule has 1 rings (SSSR count). The highest BCUT2D eigenvalue weighted by molar-refractivity contribution is 14.1. The Morgan fingerprint density at radius 2 is 1.06 bits per heavy atom. The van der Waals surface area contributed by atoms with Crippen LogP contribution in [-0.4, -0.2) is 16.4 Å². The third-order valence-electron chi connectivity index (χ3n) is 6.47. The van der Waals surface area contributed by atoms with Crippen LogP contribution in [0.15, 0.2) is 0 Å². The summed E-state index contributed by atoms with van der Waals surface area (Å²) in [5.41, 5.74) is 3.40. The highest BCUT2D eigenvalue weighted by Crippen LogP contribution is 2.42. The average Bonchev–Trinajstić information content (AvgIpc) is 2.79. The SMILES string of the molecule is CCCCCCCc1c(O)c(OC(=O)O)c(I)c(CCCCCCC)c1CCCCCCC. The van der Waals surface area contributed by atoms with Gasteiger partial charge in [-0.25, -0.2) is 4.79 Å². The van der Waals surface area contributed by atoms with E-state index in [1.54, 1.807) is 0 Å². The molecule has 0 atom stereocenters. The maximum atomic E-state index is 11.4. The van der Waals surface area contributed by atoms with Gasteiger partial charge in [-0.1, -0.05) is 97.8 Å². The largest absolute Gasteiger partial charge is 0.511 e. The second-order valence-corrected chi connectivity index (χ2v) is 10.4. The second kappa shape index (κ2) is 18.4. The van der Waals surface area contributed by atoms with Crippen LogP contribution in [0, 0.1) is 3.57 Å². The first kappa shape index (κ1) is 30.1. The third-order valence-corrected chi connectivity index (χ3v) is 7.62. The summed E-state index contributed by atoms with van der Waals surface area (Å²) in [5.74, 6) is 0.195. The number of aromatic hydroxyl groups is 1. The number of phenols is 1. The fourth-order valence-electron chi connectivity index (χ4n) is 4.56. The Morgan fingerprint density at radius 3 is 1.48 bits per heavy atom. The van der Waals surface area contributed by atoms with Crippen LogP contribution < -0.4 is 4.74 Å². The van der Waals surface area contributed by atoms with E-state index < -0.39 is 6.16 Å². The van der Waals surface area contributed by atoms with E-state index in [0.717, 1.165) is 54.1 Å². The average molecular weight is 575 g/mol. The number of halogens is 1. The molecule has 0 saturated carbocycles. The monoisotopic (exact) mass is 574 g/mol. The molecule has 0 aliphatic carbocycles. The molecule has 190 valence electrons. The third kappa shape index (κ3) is 11.3. The molecule has 0 aromatic heterocycles. The molecule has 0 spiro atoms. The predicted molar refractivity (Wildman–Crippen MR) is 147 cm³/mol. The molecule has 0 radical (unpaired) electrons. The minimum absolute atomic E-state index is 0.0515. The molecular formula is C28H47IO4. The molecule has 0 fully saturated rings. The van der Waals surface area contributed by atoms with E-state index in [1.165, 1.54) is 81.8 Å². The summed E-state index contributed by atoms with van der Waals surface area (Å²) >= 11 is 2.19. The Bertz CT molecular complexity index is 646. The number of hydrogen-bond donors (Lipinski definition) is 2. The van der Waals surface area contributed by atoms with Crippen LogP contribution in [0.5, 0.6) is 11.5 Å². The van der Waals surface area contributed by atoms with Crippen molar-refractivity contribution in [1.82, 2.24) is 0 Å². The summed E-state index contributed by atoms with van der Waals surface area (Å²) < 4.78 is 5.90. The summed E-state index contributed by atoms with van der Waals surface area (Å²) in [6, 6.07) is 0. The predicted octanol–water partition coefficient (Wildman–Crippen LogP) is 9.59. The Morgan fingerprint density at radius 1 is 0.667 bits per heavy atom. The Balaban J connectivity index is 3.22. The lowest BCUT2D eigenvalue weighted by molar-refractivity contribution is 0.142. The summed E-state index contributed by atoms with van der Waals surface area (Å²) in [6.07, 6.45) is 19.1. The highest BCUT2D eigenvalue weighted by atomic mass is 127. The van der Waals surface area contributed by atoms with Crippen LogP contribution >= 0.6 is 22.6 Å². The Labute approximate surface area is 216 Å². The maximum absolute atomic E-state index is 11.4. The first-order chi connectivity index (χ1) is 16.0. The normalized spacial score (nSPS) is 11.2. The molecule has 0 heterocycles. The number of carboxylic acid groups (broad SMARTS) is 1. The highest BCUT2D eigenvalue weighted by Gasteiger charge is 2.24. The minimum Gasteiger partial charge on any atom is -0.504 e. The molecular weight excluding hydrogens is 527 g/mol. The topological polar surface area (TPSA) is 66.8 Å². The molecule has 5 heteroatoms. The van der Waals surface area contributed by atoms with E-state index in [-0.39, 0.29) is 11.5 Å². The fourth-order valence-corrected chi connectivity index (χ4v) is 5.52. The van der Waals surface area contributed by atoms with E-state index >= 15 is 0 Å². The number of carbonyl (C=O) groups is 1. The van der Waals surface area contributed by atoms with Crippen LogP contribution in [0.4, 0.5) is 4.79 Å². The van der Waals surface area contributed by atoms with Crippen LogP contribution in [0.2, 0.25) is 0 Å². The number of benzene rings is 1. The Hall–Kier alpha value is -0.980. The lowest BCUT2D eigenvalue weighted by Gasteiger charge is -2.21. The smallest absolute Gasteiger partial charge is 0.504 e. The number of phenolic OH excluding ortho intramolecular Hbond substituents is 1. The van der Waals surface area contributed by atoms with Gasteiger partial charge in [-0.15, -0.1) is 0 Å². The van der Waals surface area contributed by atoms with Crippen molar-refractivity contribution in [3.8, 4) is 11.5 Å². The zero-order chi connectivity index (χ0) is 24.5. The van der Waals surface area contributed by atoms with Crippen LogP contribution in [0.3, 0.4) is 0 Å². The summed E-state index contributed by atoms with van der Waals surface area (Å²) in [6.45, 7) is 6.67. The standard InChI is InChI=1S/C28H47IO4/c1-4-7-10-13-16-19-22-23(20-17-14-11-8-5-2)25(29)27(33-28(31)32)26(30)24(22)21-18-15-12-9-6-3/h30H,4-21H2,1-3H3,(H,31,32). The van der Waals surface area contributed by atoms with Crippen molar-refractivity contribution in [3.05, 3.63) is 20.3 Å². The first-order valence-corrected chi connectivity index (χ1v) is 14.5. The van der Waals surface area contributed by atoms with Gasteiger partial charge in [-0.05, 0) is 72.2 Å². The van der Waals surface area contributed by atoms with Gasteiger partial charge in [0.25, 0.3) is 0 Å². The van der Waals surface area contributed by atoms with E-state index in [2.05, 4.69) is 43.4 Å². The van der Waals surface area contributed by atoms with Crippen molar-refractivity contribution in [1.29, 1.82) is 0 Å². The lowest BCUT2D eigenvalue weighted by atomic mass is 9.89. The summed E-state index contributed by atoms with van der Waals surface area (Å²) in [5, 5.41) is 20.4. The number of rotatable bonds is 19. The van der Waals surface area contributed by atoms with Crippen LogP contribution in [0.1, 0.15) is 134 Å². The second-order valence-electron chi connectivity index (χ2n) is 9.29. The maximum Gasteiger partial charge on any atom is 0.511 e. The van der Waals surface area contributed by atoms with E-state index in [0.29, 0.717) is 0 Å². The Kier molecular flexibility index (Phi) is 16.7. The molecule has 0 aliphatic heterocycles. The van der Waals surface area contributed by atoms with Gasteiger partial charge in [0, 0.05) is 5.56 Å². The number of ether oxygens (including phenoxy) is 1. The van der Waals surface area contributed by atoms with Gasteiger partial charge >= 0.3 is 6.16 Å². The quantitative estimate of drug-likeness (QED) is 0.0747. The van der Waals surface area contributed by atoms with Crippen molar-refractivity contribution >= 4 is 28.7 Å². The van der Waals surface area contributed by atoms with Gasteiger partial charge in [0.2, 0.25) is 0 Å². The molecule has 0 saturated heterocycles. The molecule has 0 unspecified atom stereocenters. The molecule has 1 aromatic carbocycles. The molecule has 33 heavy (non-hydrogen) atoms.